The molecule has 1 heterocycles. The number of hydrogen-bond acceptors (Lipinski definition) is 2. The smallest absolute Gasteiger partial charge is 0.231 e. The number of fused-ring (bicyclic) bond motifs is 1. The summed E-state index contributed by atoms with van der Waals surface area (Å²) >= 11 is 0. The van der Waals surface area contributed by atoms with Crippen molar-refractivity contribution in [2.75, 3.05) is 6.79 Å². The van der Waals surface area contributed by atoms with Gasteiger partial charge < -0.3 is 9.47 Å². The second kappa shape index (κ2) is 1.80. The maximum Gasteiger partial charge on any atom is 0.231 e. The van der Waals surface area contributed by atoms with Crippen LogP contribution in [0.1, 0.15) is 0 Å². The minimum atomic E-state index is -0.0516. The average molecular weight is 137 g/mol. The quantitative estimate of drug-likeness (QED) is 0.544. The Morgan fingerprint density at radius 3 is 2.90 bits per heavy atom. The molecule has 0 bridgehead atoms. The molecule has 3 heteroatoms. The van der Waals surface area contributed by atoms with E-state index in [4.69, 9.17) is 9.47 Å². The van der Waals surface area contributed by atoms with Gasteiger partial charge in [-0.05, 0) is 12.1 Å². The summed E-state index contributed by atoms with van der Waals surface area (Å²) in [6, 6.07) is 4.49. The molecule has 0 atom stereocenters. The average Bonchev–Trinajstić information content (AvgIpc) is 2.33. The van der Waals surface area contributed by atoms with E-state index in [-0.39, 0.29) is 12.5 Å². The minimum Gasteiger partial charge on any atom is -0.454 e. The van der Waals surface area contributed by atoms with Gasteiger partial charge in [-0.2, -0.15) is 0 Å². The standard InChI is InChI=1S/C7H5O3/c8-5-1-2-6-7(3-5)10-4-9-6/h1-3H,4H2. The third-order valence-electron chi connectivity index (χ3n) is 1.34. The summed E-state index contributed by atoms with van der Waals surface area (Å²) in [5.41, 5.74) is 0. The summed E-state index contributed by atoms with van der Waals surface area (Å²) in [4.78, 5) is 0. The van der Waals surface area contributed by atoms with E-state index in [1.165, 1.54) is 12.1 Å². The van der Waals surface area contributed by atoms with Crippen molar-refractivity contribution in [3.05, 3.63) is 18.2 Å². The molecule has 0 amide bonds. The van der Waals surface area contributed by atoms with Gasteiger partial charge in [-0.3, -0.25) is 5.11 Å². The third-order valence-corrected chi connectivity index (χ3v) is 1.34. The molecule has 1 aliphatic heterocycles. The van der Waals surface area contributed by atoms with Crippen molar-refractivity contribution in [1.82, 2.24) is 0 Å². The lowest BCUT2D eigenvalue weighted by molar-refractivity contribution is 0.173. The predicted octanol–water partition coefficient (Wildman–Crippen LogP) is 1.56. The van der Waals surface area contributed by atoms with Crippen LogP contribution >= 0.6 is 0 Å². The number of rotatable bonds is 0. The van der Waals surface area contributed by atoms with Gasteiger partial charge in [-0.15, -0.1) is 0 Å². The zero-order valence-electron chi connectivity index (χ0n) is 5.16. The van der Waals surface area contributed by atoms with Crippen LogP contribution in [0.2, 0.25) is 0 Å². The molecule has 51 valence electrons. The molecule has 10 heavy (non-hydrogen) atoms. The Kier molecular flexibility index (Phi) is 0.974. The molecule has 2 rings (SSSR count). The molecule has 0 aliphatic carbocycles. The predicted molar refractivity (Wildman–Crippen MR) is 32.7 cm³/mol. The Morgan fingerprint density at radius 1 is 1.20 bits per heavy atom. The number of ether oxygens (including phenoxy) is 2. The lowest BCUT2D eigenvalue weighted by Crippen LogP contribution is -1.92. The van der Waals surface area contributed by atoms with Crippen LogP contribution < -0.4 is 9.47 Å². The van der Waals surface area contributed by atoms with Crippen molar-refractivity contribution < 1.29 is 14.6 Å². The molecular formula is C7H5O3. The van der Waals surface area contributed by atoms with Crippen molar-refractivity contribution in [2.45, 2.75) is 0 Å². The van der Waals surface area contributed by atoms with Crippen LogP contribution in [0, 0.1) is 0 Å². The molecule has 0 saturated carbocycles. The molecule has 3 nitrogen and oxygen atoms in total. The topological polar surface area (TPSA) is 38.4 Å². The monoisotopic (exact) mass is 137 g/mol. The van der Waals surface area contributed by atoms with Gasteiger partial charge in [-0.1, -0.05) is 0 Å². The van der Waals surface area contributed by atoms with E-state index in [9.17, 15) is 5.11 Å². The summed E-state index contributed by atoms with van der Waals surface area (Å²) in [6.45, 7) is 0.221. The summed E-state index contributed by atoms with van der Waals surface area (Å²) in [5, 5.41) is 10.7. The largest absolute Gasteiger partial charge is 0.454 e. The highest BCUT2D eigenvalue weighted by Crippen LogP contribution is 2.34. The molecule has 1 radical (unpaired) electrons. The Bertz CT molecular complexity index is 257. The second-order valence-electron chi connectivity index (χ2n) is 2.02. The molecular weight excluding hydrogens is 132 g/mol. The zero-order chi connectivity index (χ0) is 6.97. The molecule has 1 aliphatic rings. The van der Waals surface area contributed by atoms with Crippen LogP contribution in [-0.2, 0) is 5.11 Å². The Labute approximate surface area is 57.8 Å². The van der Waals surface area contributed by atoms with E-state index in [1.807, 2.05) is 0 Å². The first-order valence-corrected chi connectivity index (χ1v) is 2.93. The lowest BCUT2D eigenvalue weighted by atomic mass is 10.3. The molecule has 0 N–H and O–H groups in total. The van der Waals surface area contributed by atoms with Crippen LogP contribution in [-0.4, -0.2) is 6.79 Å². The van der Waals surface area contributed by atoms with E-state index in [1.54, 1.807) is 6.07 Å². The normalized spacial score (nSPS) is 13.6. The van der Waals surface area contributed by atoms with Gasteiger partial charge in [0.1, 0.15) is 0 Å². The highest BCUT2D eigenvalue weighted by molar-refractivity contribution is 5.46. The van der Waals surface area contributed by atoms with Gasteiger partial charge in [0.15, 0.2) is 17.2 Å². The first kappa shape index (κ1) is 5.41. The minimum absolute atomic E-state index is 0.0516. The van der Waals surface area contributed by atoms with Crippen molar-refractivity contribution in [3.8, 4) is 17.2 Å². The highest BCUT2D eigenvalue weighted by atomic mass is 16.7. The summed E-state index contributed by atoms with van der Waals surface area (Å²) in [7, 11) is 0. The highest BCUT2D eigenvalue weighted by Gasteiger charge is 2.12. The fourth-order valence-corrected chi connectivity index (χ4v) is 0.877. The third kappa shape index (κ3) is 0.673. The fraction of sp³-hybridized carbons (Fsp3) is 0.143. The van der Waals surface area contributed by atoms with E-state index >= 15 is 0 Å². The van der Waals surface area contributed by atoms with Gasteiger partial charge in [0.05, 0.1) is 0 Å². The van der Waals surface area contributed by atoms with E-state index < -0.39 is 0 Å². The maximum atomic E-state index is 10.7. The summed E-state index contributed by atoms with van der Waals surface area (Å²) < 4.78 is 9.95. The van der Waals surface area contributed by atoms with E-state index in [2.05, 4.69) is 0 Å². The van der Waals surface area contributed by atoms with E-state index in [0.717, 1.165) is 0 Å². The Balaban J connectivity index is 2.52. The fourth-order valence-electron chi connectivity index (χ4n) is 0.877. The van der Waals surface area contributed by atoms with Crippen molar-refractivity contribution in [1.29, 1.82) is 0 Å². The summed E-state index contributed by atoms with van der Waals surface area (Å²) in [5.74, 6) is 1.15. The lowest BCUT2D eigenvalue weighted by Gasteiger charge is -1.91. The Morgan fingerprint density at radius 2 is 2.00 bits per heavy atom. The van der Waals surface area contributed by atoms with Gasteiger partial charge in [-0.25, -0.2) is 0 Å². The van der Waals surface area contributed by atoms with Crippen molar-refractivity contribution in [3.63, 3.8) is 0 Å². The first-order chi connectivity index (χ1) is 4.86. The molecule has 1 aromatic rings. The first-order valence-electron chi connectivity index (χ1n) is 2.93. The molecule has 0 spiro atoms. The van der Waals surface area contributed by atoms with Gasteiger partial charge in [0, 0.05) is 6.07 Å². The van der Waals surface area contributed by atoms with Crippen molar-refractivity contribution >= 4 is 0 Å². The molecule has 0 fully saturated rings. The maximum absolute atomic E-state index is 10.7. The van der Waals surface area contributed by atoms with Crippen molar-refractivity contribution in [2.24, 2.45) is 0 Å². The number of benzene rings is 1. The second-order valence-corrected chi connectivity index (χ2v) is 2.02. The Hall–Kier alpha value is -1.38. The van der Waals surface area contributed by atoms with Crippen LogP contribution in [0.15, 0.2) is 18.2 Å². The molecule has 0 aromatic heterocycles. The number of hydrogen-bond donors (Lipinski definition) is 0. The zero-order valence-corrected chi connectivity index (χ0v) is 5.16. The van der Waals surface area contributed by atoms with Crippen LogP contribution in [0.3, 0.4) is 0 Å². The van der Waals surface area contributed by atoms with Crippen LogP contribution in [0.25, 0.3) is 0 Å². The molecule has 0 saturated heterocycles. The SMILES string of the molecule is [O]c1ccc2c(c1)OCO2. The van der Waals surface area contributed by atoms with Crippen LogP contribution in [0.5, 0.6) is 17.2 Å². The van der Waals surface area contributed by atoms with Gasteiger partial charge in [0.25, 0.3) is 0 Å². The van der Waals surface area contributed by atoms with E-state index in [0.29, 0.717) is 11.5 Å². The molecule has 1 aromatic carbocycles. The summed E-state index contributed by atoms with van der Waals surface area (Å²) in [6.07, 6.45) is 0. The van der Waals surface area contributed by atoms with Gasteiger partial charge in [0.2, 0.25) is 6.79 Å². The molecule has 0 unspecified atom stereocenters. The van der Waals surface area contributed by atoms with Gasteiger partial charge >= 0.3 is 0 Å². The van der Waals surface area contributed by atoms with Crippen LogP contribution in [0.4, 0.5) is 0 Å².